The molecule has 2 unspecified atom stereocenters. The molecule has 4 nitrogen and oxygen atoms in total. The molecule has 0 amide bonds. The molecule has 0 heterocycles. The van der Waals surface area contributed by atoms with E-state index >= 15 is 0 Å². The van der Waals surface area contributed by atoms with E-state index in [1.54, 1.807) is 0 Å². The average Bonchev–Trinajstić information content (AvgIpc) is 3.28. The number of nitrogens with zero attached hydrogens (tertiary/aromatic N) is 1. The molecule has 3 aliphatic rings. The molecule has 3 rings (SSSR count). The van der Waals surface area contributed by atoms with Crippen molar-refractivity contribution in [2.24, 2.45) is 5.92 Å². The van der Waals surface area contributed by atoms with E-state index in [9.17, 15) is 9.90 Å². The van der Waals surface area contributed by atoms with Gasteiger partial charge in [0.1, 0.15) is 5.54 Å². The van der Waals surface area contributed by atoms with E-state index in [2.05, 4.69) is 17.1 Å². The fourth-order valence-electron chi connectivity index (χ4n) is 3.50. The molecular weight excluding hydrogens is 240 g/mol. The molecule has 0 radical (unpaired) electrons. The first-order valence-electron chi connectivity index (χ1n) is 7.88. The number of rotatable bonds is 7. The second-order valence-corrected chi connectivity index (χ2v) is 6.73. The van der Waals surface area contributed by atoms with Crippen molar-refractivity contribution in [2.75, 3.05) is 13.1 Å². The van der Waals surface area contributed by atoms with Crippen LogP contribution in [0.4, 0.5) is 0 Å². The molecule has 3 saturated carbocycles. The minimum atomic E-state index is -0.636. The molecule has 0 spiro atoms. The largest absolute Gasteiger partial charge is 0.480 e. The summed E-state index contributed by atoms with van der Waals surface area (Å²) in [5, 5.41) is 13.0. The number of aliphatic carboxylic acids is 1. The highest BCUT2D eigenvalue weighted by Gasteiger charge is 2.49. The van der Waals surface area contributed by atoms with Gasteiger partial charge < -0.3 is 10.0 Å². The molecule has 0 aromatic carbocycles. The molecule has 0 aromatic heterocycles. The fourth-order valence-corrected chi connectivity index (χ4v) is 3.50. The van der Waals surface area contributed by atoms with Crippen molar-refractivity contribution in [3.05, 3.63) is 0 Å². The third-order valence-electron chi connectivity index (χ3n) is 5.07. The SMILES string of the molecule is CCN(CC1CC1)C1CCC(NC2CC2)(C(=O)O)C1. The van der Waals surface area contributed by atoms with Gasteiger partial charge in [-0.3, -0.25) is 10.1 Å². The quantitative estimate of drug-likeness (QED) is 0.738. The topological polar surface area (TPSA) is 52.6 Å². The van der Waals surface area contributed by atoms with Crippen LogP contribution in [-0.2, 0) is 4.79 Å². The van der Waals surface area contributed by atoms with E-state index in [1.807, 2.05) is 0 Å². The lowest BCUT2D eigenvalue weighted by Crippen LogP contribution is -2.52. The third-order valence-corrected chi connectivity index (χ3v) is 5.07. The highest BCUT2D eigenvalue weighted by Crippen LogP contribution is 2.38. The van der Waals surface area contributed by atoms with E-state index in [0.717, 1.165) is 44.6 Å². The summed E-state index contributed by atoms with van der Waals surface area (Å²) in [6.07, 6.45) is 7.66. The van der Waals surface area contributed by atoms with E-state index in [1.165, 1.54) is 19.4 Å². The third kappa shape index (κ3) is 2.95. The molecule has 19 heavy (non-hydrogen) atoms. The van der Waals surface area contributed by atoms with Crippen molar-refractivity contribution in [3.8, 4) is 0 Å². The number of carboxylic acids is 1. The van der Waals surface area contributed by atoms with Gasteiger partial charge in [0.2, 0.25) is 0 Å². The maximum Gasteiger partial charge on any atom is 0.323 e. The Balaban J connectivity index is 1.63. The molecule has 4 heteroatoms. The Bertz CT molecular complexity index is 352. The van der Waals surface area contributed by atoms with Crippen LogP contribution in [0.3, 0.4) is 0 Å². The van der Waals surface area contributed by atoms with Crippen LogP contribution in [0.1, 0.15) is 51.9 Å². The summed E-state index contributed by atoms with van der Waals surface area (Å²) in [7, 11) is 0. The van der Waals surface area contributed by atoms with Gasteiger partial charge in [0.25, 0.3) is 0 Å². The van der Waals surface area contributed by atoms with Gasteiger partial charge in [-0.05, 0) is 57.4 Å². The number of hydrogen-bond acceptors (Lipinski definition) is 3. The zero-order valence-electron chi connectivity index (χ0n) is 11.9. The van der Waals surface area contributed by atoms with E-state index in [0.29, 0.717) is 12.1 Å². The van der Waals surface area contributed by atoms with Crippen molar-refractivity contribution in [2.45, 2.75) is 69.5 Å². The Kier molecular flexibility index (Phi) is 3.56. The minimum Gasteiger partial charge on any atom is -0.480 e. The number of carboxylic acid groups (broad SMARTS) is 1. The Labute approximate surface area is 115 Å². The molecule has 0 aliphatic heterocycles. The fraction of sp³-hybridized carbons (Fsp3) is 0.933. The number of nitrogens with one attached hydrogen (secondary N) is 1. The monoisotopic (exact) mass is 266 g/mol. The highest BCUT2D eigenvalue weighted by atomic mass is 16.4. The van der Waals surface area contributed by atoms with E-state index in [4.69, 9.17) is 0 Å². The van der Waals surface area contributed by atoms with Gasteiger partial charge >= 0.3 is 5.97 Å². The second-order valence-electron chi connectivity index (χ2n) is 6.73. The van der Waals surface area contributed by atoms with Crippen LogP contribution in [0.2, 0.25) is 0 Å². The molecule has 2 atom stereocenters. The highest BCUT2D eigenvalue weighted by molar-refractivity contribution is 5.79. The van der Waals surface area contributed by atoms with Crippen molar-refractivity contribution in [1.29, 1.82) is 0 Å². The van der Waals surface area contributed by atoms with Gasteiger partial charge in [0.15, 0.2) is 0 Å². The first-order chi connectivity index (χ1) is 9.13. The number of hydrogen-bond donors (Lipinski definition) is 2. The van der Waals surface area contributed by atoms with Gasteiger partial charge in [-0.15, -0.1) is 0 Å². The molecule has 0 bridgehead atoms. The smallest absolute Gasteiger partial charge is 0.323 e. The summed E-state index contributed by atoms with van der Waals surface area (Å²) in [6, 6.07) is 0.932. The number of carbonyl (C=O) groups is 1. The van der Waals surface area contributed by atoms with E-state index < -0.39 is 11.5 Å². The summed E-state index contributed by atoms with van der Waals surface area (Å²) >= 11 is 0. The molecule has 0 aromatic rings. The van der Waals surface area contributed by atoms with Crippen LogP contribution < -0.4 is 5.32 Å². The molecule has 3 aliphatic carbocycles. The zero-order chi connectivity index (χ0) is 13.5. The lowest BCUT2D eigenvalue weighted by Gasteiger charge is -2.30. The first kappa shape index (κ1) is 13.4. The average molecular weight is 266 g/mol. The Hall–Kier alpha value is -0.610. The van der Waals surface area contributed by atoms with Crippen molar-refractivity contribution < 1.29 is 9.90 Å². The van der Waals surface area contributed by atoms with Crippen LogP contribution in [-0.4, -0.2) is 46.7 Å². The summed E-state index contributed by atoms with van der Waals surface area (Å²) in [5.74, 6) is 0.251. The maximum atomic E-state index is 11.7. The molecule has 3 fully saturated rings. The van der Waals surface area contributed by atoms with Crippen LogP contribution >= 0.6 is 0 Å². The predicted molar refractivity (Wildman–Crippen MR) is 74.1 cm³/mol. The Morgan fingerprint density at radius 1 is 1.32 bits per heavy atom. The van der Waals surface area contributed by atoms with E-state index in [-0.39, 0.29) is 0 Å². The predicted octanol–water partition coefficient (Wildman–Crippen LogP) is 1.85. The van der Waals surface area contributed by atoms with Crippen molar-refractivity contribution >= 4 is 5.97 Å². The van der Waals surface area contributed by atoms with Crippen LogP contribution in [0.25, 0.3) is 0 Å². The molecular formula is C15H26N2O2. The van der Waals surface area contributed by atoms with Gasteiger partial charge in [-0.2, -0.15) is 0 Å². The lowest BCUT2D eigenvalue weighted by atomic mass is 9.97. The summed E-state index contributed by atoms with van der Waals surface area (Å²) in [4.78, 5) is 14.2. The van der Waals surface area contributed by atoms with Crippen LogP contribution in [0, 0.1) is 5.92 Å². The van der Waals surface area contributed by atoms with Crippen molar-refractivity contribution in [3.63, 3.8) is 0 Å². The molecule has 0 saturated heterocycles. The Morgan fingerprint density at radius 2 is 2.05 bits per heavy atom. The maximum absolute atomic E-state index is 11.7. The van der Waals surface area contributed by atoms with Gasteiger partial charge in [-0.25, -0.2) is 0 Å². The summed E-state index contributed by atoms with van der Waals surface area (Å²) in [5.41, 5.74) is -0.636. The summed E-state index contributed by atoms with van der Waals surface area (Å²) < 4.78 is 0. The normalized spacial score (nSPS) is 34.9. The first-order valence-corrected chi connectivity index (χ1v) is 7.88. The van der Waals surface area contributed by atoms with Crippen LogP contribution in [0.15, 0.2) is 0 Å². The van der Waals surface area contributed by atoms with Gasteiger partial charge in [0.05, 0.1) is 0 Å². The standard InChI is InChI=1S/C15H26N2O2/c1-2-17(10-11-3-4-11)13-7-8-15(9-13,14(18)19)16-12-5-6-12/h11-13,16H,2-10H2,1H3,(H,18,19). The van der Waals surface area contributed by atoms with Gasteiger partial charge in [0, 0.05) is 18.6 Å². The molecule has 108 valence electrons. The second kappa shape index (κ2) is 5.06. The lowest BCUT2D eigenvalue weighted by molar-refractivity contribution is -0.145. The zero-order valence-corrected chi connectivity index (χ0v) is 11.9. The Morgan fingerprint density at radius 3 is 2.58 bits per heavy atom. The summed E-state index contributed by atoms with van der Waals surface area (Å²) in [6.45, 7) is 4.44. The minimum absolute atomic E-state index is 0.466. The van der Waals surface area contributed by atoms with Gasteiger partial charge in [-0.1, -0.05) is 6.92 Å². The van der Waals surface area contributed by atoms with Crippen molar-refractivity contribution in [1.82, 2.24) is 10.2 Å². The molecule has 2 N–H and O–H groups in total. The van der Waals surface area contributed by atoms with Crippen LogP contribution in [0.5, 0.6) is 0 Å².